The highest BCUT2D eigenvalue weighted by molar-refractivity contribution is 6.89. The first-order valence-electron chi connectivity index (χ1n) is 19.9. The molecule has 2 atom stereocenters. The lowest BCUT2D eigenvalue weighted by atomic mass is 10.1. The Kier molecular flexibility index (Phi) is 16.2. The van der Waals surface area contributed by atoms with Gasteiger partial charge in [0.1, 0.15) is 11.5 Å². The monoisotopic (exact) mass is 844 g/mol. The smallest absolute Gasteiger partial charge is 0.317 e. The SMILES string of the molecule is CC(CCOc1ccc(C=C2CCC(=Cc3ccc(OCCC(C)[Si](C)(O[Si](C)(C)C)O[Si](C)(C)C)cc3)C2=O)cc1)[Si](C)(O[Si](C)(C)C)O[Si](C)(C)C. The minimum atomic E-state index is -2.37. The van der Waals surface area contributed by atoms with Crippen LogP contribution in [0, 0.1) is 0 Å². The molecule has 0 aliphatic heterocycles. The van der Waals surface area contributed by atoms with E-state index >= 15 is 0 Å². The third-order valence-electron chi connectivity index (χ3n) is 9.15. The molecule has 2 aromatic rings. The molecule has 1 aliphatic rings. The Balaban J connectivity index is 1.54. The molecule has 3 rings (SSSR count). The van der Waals surface area contributed by atoms with Crippen LogP contribution in [-0.4, -0.2) is 69.4 Å². The molecule has 0 N–H and O–H groups in total. The van der Waals surface area contributed by atoms with Crippen molar-refractivity contribution in [3.8, 4) is 11.5 Å². The van der Waals surface area contributed by atoms with Gasteiger partial charge in [0.2, 0.25) is 0 Å². The van der Waals surface area contributed by atoms with E-state index in [2.05, 4.69) is 106 Å². The Labute approximate surface area is 335 Å². The van der Waals surface area contributed by atoms with E-state index in [4.69, 9.17) is 25.9 Å². The fourth-order valence-corrected chi connectivity index (χ4v) is 31.8. The highest BCUT2D eigenvalue weighted by Crippen LogP contribution is 2.35. The Morgan fingerprint density at radius 3 is 1.04 bits per heavy atom. The van der Waals surface area contributed by atoms with Gasteiger partial charge in [0.25, 0.3) is 0 Å². The van der Waals surface area contributed by atoms with Gasteiger partial charge in [0, 0.05) is 22.2 Å². The van der Waals surface area contributed by atoms with Crippen LogP contribution in [0.25, 0.3) is 12.2 Å². The number of carbonyl (C=O) groups is 1. The quantitative estimate of drug-likeness (QED) is 0.0971. The van der Waals surface area contributed by atoms with Crippen LogP contribution in [0.2, 0.25) is 103 Å². The van der Waals surface area contributed by atoms with E-state index in [1.54, 1.807) is 0 Å². The van der Waals surface area contributed by atoms with E-state index in [0.717, 1.165) is 59.5 Å². The van der Waals surface area contributed by atoms with Gasteiger partial charge in [0.15, 0.2) is 39.1 Å². The molecule has 7 nitrogen and oxygen atoms in total. The van der Waals surface area contributed by atoms with Crippen LogP contribution in [0.15, 0.2) is 59.7 Å². The van der Waals surface area contributed by atoms with Gasteiger partial charge in [-0.3, -0.25) is 4.79 Å². The summed E-state index contributed by atoms with van der Waals surface area (Å²) < 4.78 is 39.3. The molecular formula is C41H72O7Si6. The van der Waals surface area contributed by atoms with E-state index in [1.165, 1.54) is 0 Å². The van der Waals surface area contributed by atoms with E-state index in [0.29, 0.717) is 24.3 Å². The maximum Gasteiger partial charge on any atom is 0.317 e. The number of rotatable bonds is 20. The summed E-state index contributed by atoms with van der Waals surface area (Å²) in [5.74, 6) is 1.79. The summed E-state index contributed by atoms with van der Waals surface area (Å²) >= 11 is 0. The van der Waals surface area contributed by atoms with Crippen molar-refractivity contribution in [1.82, 2.24) is 0 Å². The largest absolute Gasteiger partial charge is 0.494 e. The van der Waals surface area contributed by atoms with Crippen LogP contribution in [0.5, 0.6) is 11.5 Å². The highest BCUT2D eigenvalue weighted by atomic mass is 28.5. The third kappa shape index (κ3) is 16.1. The number of hydrogen-bond acceptors (Lipinski definition) is 7. The predicted octanol–water partition coefficient (Wildman–Crippen LogP) is 12.4. The minimum Gasteiger partial charge on any atom is -0.494 e. The second-order valence-electron chi connectivity index (χ2n) is 19.3. The van der Waals surface area contributed by atoms with Gasteiger partial charge in [-0.05, 0) is 165 Å². The van der Waals surface area contributed by atoms with Crippen molar-refractivity contribution in [2.24, 2.45) is 0 Å². The van der Waals surface area contributed by atoms with Gasteiger partial charge < -0.3 is 25.9 Å². The zero-order valence-corrected chi connectivity index (χ0v) is 42.5. The average molecular weight is 846 g/mol. The molecule has 2 unspecified atom stereocenters. The third-order valence-corrected chi connectivity index (χ3v) is 29.6. The molecule has 13 heteroatoms. The van der Waals surface area contributed by atoms with Gasteiger partial charge in [-0.2, -0.15) is 0 Å². The van der Waals surface area contributed by atoms with Crippen molar-refractivity contribution in [3.63, 3.8) is 0 Å². The predicted molar refractivity (Wildman–Crippen MR) is 243 cm³/mol. The maximum atomic E-state index is 13.4. The van der Waals surface area contributed by atoms with Crippen molar-refractivity contribution in [1.29, 1.82) is 0 Å². The molecule has 2 aromatic carbocycles. The fourth-order valence-electron chi connectivity index (χ4n) is 6.81. The standard InChI is InChI=1S/C41H72O7Si6/c1-33(53(15,45-49(3,4)5)46-50(6,7)8)27-29-43-39-23-17-35(18-24-39)31-37-21-22-38(41(37)42)32-36-19-25-40(26-20-36)44-30-28-34(2)54(16,47-51(9,10)11)48-52(12,13)14/h17-20,23-26,31-34H,21-22,27-30H2,1-16H3. The number of carbonyl (C=O) groups excluding carboxylic acids is 1. The molecule has 302 valence electrons. The van der Waals surface area contributed by atoms with Crippen LogP contribution in [-0.2, 0) is 21.3 Å². The second kappa shape index (κ2) is 18.7. The molecule has 1 fully saturated rings. The number of Topliss-reactive ketones (excluding diaryl/α,β-unsaturated/α-hetero) is 1. The molecule has 0 aromatic heterocycles. The Morgan fingerprint density at radius 2 is 0.778 bits per heavy atom. The highest BCUT2D eigenvalue weighted by Gasteiger charge is 2.46. The zero-order chi connectivity index (χ0) is 40.8. The van der Waals surface area contributed by atoms with E-state index in [-0.39, 0.29) is 5.78 Å². The summed E-state index contributed by atoms with van der Waals surface area (Å²) in [5, 5.41) is 0. The Hall–Kier alpha value is -1.67. The van der Waals surface area contributed by atoms with E-state index in [1.807, 2.05) is 60.7 Å². The Morgan fingerprint density at radius 1 is 0.500 bits per heavy atom. The van der Waals surface area contributed by atoms with Crippen LogP contribution in [0.1, 0.15) is 50.7 Å². The van der Waals surface area contributed by atoms with Crippen molar-refractivity contribution >= 4 is 68.3 Å². The second-order valence-corrected chi connectivity index (χ2v) is 45.5. The normalized spacial score (nSPS) is 17.7. The summed E-state index contributed by atoms with van der Waals surface area (Å²) in [4.78, 5) is 13.4. The number of allylic oxidation sites excluding steroid dienone is 2. The summed E-state index contributed by atoms with van der Waals surface area (Å²) in [5.41, 5.74) is 4.33. The molecule has 1 aliphatic carbocycles. The fraction of sp³-hybridized carbons (Fsp3) is 0.585. The van der Waals surface area contributed by atoms with Crippen molar-refractivity contribution < 1.29 is 30.7 Å². The van der Waals surface area contributed by atoms with Crippen molar-refractivity contribution in [2.45, 2.75) is 142 Å². The lowest BCUT2D eigenvalue weighted by molar-refractivity contribution is -0.111. The van der Waals surface area contributed by atoms with Crippen LogP contribution >= 0.6 is 0 Å². The maximum absolute atomic E-state index is 13.4. The first kappa shape index (κ1) is 46.7. The molecule has 0 radical (unpaired) electrons. The van der Waals surface area contributed by atoms with Gasteiger partial charge in [-0.15, -0.1) is 0 Å². The molecule has 0 amide bonds. The average Bonchev–Trinajstić information content (AvgIpc) is 3.32. The first-order chi connectivity index (χ1) is 24.7. The molecule has 0 bridgehead atoms. The topological polar surface area (TPSA) is 72.5 Å². The van der Waals surface area contributed by atoms with Gasteiger partial charge in [-0.25, -0.2) is 0 Å². The van der Waals surface area contributed by atoms with Gasteiger partial charge in [-0.1, -0.05) is 38.1 Å². The molecule has 1 saturated carbocycles. The molecule has 0 saturated heterocycles. The lowest BCUT2D eigenvalue weighted by Gasteiger charge is -2.42. The molecular weight excluding hydrogens is 773 g/mol. The lowest BCUT2D eigenvalue weighted by Crippen LogP contribution is -2.55. The molecule has 0 heterocycles. The van der Waals surface area contributed by atoms with Crippen LogP contribution < -0.4 is 9.47 Å². The summed E-state index contributed by atoms with van der Waals surface area (Å²) in [7, 11) is -11.8. The number of benzene rings is 2. The van der Waals surface area contributed by atoms with Gasteiger partial charge >= 0.3 is 17.1 Å². The van der Waals surface area contributed by atoms with E-state index < -0.39 is 50.4 Å². The number of hydrogen-bond donors (Lipinski definition) is 0. The van der Waals surface area contributed by atoms with Crippen LogP contribution in [0.4, 0.5) is 0 Å². The first-order valence-corrected chi connectivity index (χ1v) is 38.3. The molecule has 0 spiro atoms. The van der Waals surface area contributed by atoms with Crippen molar-refractivity contribution in [3.05, 3.63) is 70.8 Å². The summed E-state index contributed by atoms with van der Waals surface area (Å²) in [6, 6.07) is 16.1. The van der Waals surface area contributed by atoms with Crippen molar-refractivity contribution in [2.75, 3.05) is 13.2 Å². The molecule has 54 heavy (non-hydrogen) atoms. The zero-order valence-electron chi connectivity index (χ0n) is 36.5. The number of ether oxygens (including phenoxy) is 2. The van der Waals surface area contributed by atoms with Gasteiger partial charge in [0.05, 0.1) is 13.2 Å². The minimum absolute atomic E-state index is 0.125. The van der Waals surface area contributed by atoms with E-state index in [9.17, 15) is 4.79 Å². The Bertz CT molecular complexity index is 1430. The van der Waals surface area contributed by atoms with Crippen LogP contribution in [0.3, 0.4) is 0 Å². The summed E-state index contributed by atoms with van der Waals surface area (Å²) in [6.07, 6.45) is 7.28. The summed E-state index contributed by atoms with van der Waals surface area (Å²) in [6.45, 7) is 37.1. The number of ketones is 1.